The Kier molecular flexibility index (Phi) is 5.79. The van der Waals surface area contributed by atoms with Crippen molar-refractivity contribution < 1.29 is 14.0 Å². The number of hydrogen-bond acceptors (Lipinski definition) is 2. The monoisotopic (exact) mass is 394 g/mol. The van der Waals surface area contributed by atoms with Crippen molar-refractivity contribution in [1.82, 2.24) is 9.80 Å². The van der Waals surface area contributed by atoms with Crippen LogP contribution in [0.15, 0.2) is 42.5 Å². The molecular weight excluding hydrogens is 378 g/mol. The third-order valence-electron chi connectivity index (χ3n) is 4.31. The van der Waals surface area contributed by atoms with E-state index in [-0.39, 0.29) is 11.8 Å². The summed E-state index contributed by atoms with van der Waals surface area (Å²) in [6.45, 7) is 1.84. The van der Waals surface area contributed by atoms with Crippen LogP contribution in [0.1, 0.15) is 27.1 Å². The molecule has 0 spiro atoms. The summed E-state index contributed by atoms with van der Waals surface area (Å²) in [5, 5.41) is 0.723. The highest BCUT2D eigenvalue weighted by molar-refractivity contribution is 6.42. The lowest BCUT2D eigenvalue weighted by Crippen LogP contribution is -2.37. The second-order valence-corrected chi connectivity index (χ2v) is 6.89. The number of nitrogens with zero attached hydrogens (tertiary/aromatic N) is 2. The second kappa shape index (κ2) is 8.06. The first-order valence-corrected chi connectivity index (χ1v) is 9.00. The van der Waals surface area contributed by atoms with E-state index >= 15 is 0 Å². The lowest BCUT2D eigenvalue weighted by atomic mass is 10.2. The molecule has 0 radical (unpaired) electrons. The van der Waals surface area contributed by atoms with Gasteiger partial charge in [0.15, 0.2) is 0 Å². The lowest BCUT2D eigenvalue weighted by Gasteiger charge is -2.22. The molecule has 0 unspecified atom stereocenters. The van der Waals surface area contributed by atoms with Crippen molar-refractivity contribution in [2.24, 2.45) is 0 Å². The van der Waals surface area contributed by atoms with Gasteiger partial charge in [0.1, 0.15) is 5.82 Å². The topological polar surface area (TPSA) is 40.6 Å². The second-order valence-electron chi connectivity index (χ2n) is 6.08. The van der Waals surface area contributed by atoms with Crippen molar-refractivity contribution in [2.45, 2.75) is 6.42 Å². The SMILES string of the molecule is O=C(c1cccc(F)c1)N1CCCN(C(=O)c2ccc(Cl)c(Cl)c2)CC1. The van der Waals surface area contributed by atoms with E-state index in [1.54, 1.807) is 34.1 Å². The van der Waals surface area contributed by atoms with Crippen LogP contribution in [0.25, 0.3) is 0 Å². The molecule has 4 nitrogen and oxygen atoms in total. The Morgan fingerprint density at radius 3 is 2.00 bits per heavy atom. The molecule has 2 aromatic rings. The number of hydrogen-bond donors (Lipinski definition) is 0. The molecule has 0 bridgehead atoms. The molecule has 2 amide bonds. The Hall–Kier alpha value is -2.11. The number of halogens is 3. The van der Waals surface area contributed by atoms with Crippen molar-refractivity contribution in [3.8, 4) is 0 Å². The first-order chi connectivity index (χ1) is 12.5. The molecule has 3 rings (SSSR count). The van der Waals surface area contributed by atoms with Crippen LogP contribution in [0.4, 0.5) is 4.39 Å². The minimum Gasteiger partial charge on any atom is -0.337 e. The van der Waals surface area contributed by atoms with E-state index in [2.05, 4.69) is 0 Å². The highest BCUT2D eigenvalue weighted by atomic mass is 35.5. The summed E-state index contributed by atoms with van der Waals surface area (Å²) in [5.74, 6) is -0.820. The van der Waals surface area contributed by atoms with Crippen LogP contribution in [0, 0.1) is 5.82 Å². The van der Waals surface area contributed by atoms with Gasteiger partial charge in [-0.25, -0.2) is 4.39 Å². The van der Waals surface area contributed by atoms with Crippen molar-refractivity contribution in [3.63, 3.8) is 0 Å². The maximum absolute atomic E-state index is 13.3. The molecular formula is C19H17Cl2FN2O2. The quantitative estimate of drug-likeness (QED) is 0.768. The Bertz CT molecular complexity index is 844. The summed E-state index contributed by atoms with van der Waals surface area (Å²) in [5.41, 5.74) is 0.776. The smallest absolute Gasteiger partial charge is 0.254 e. The lowest BCUT2D eigenvalue weighted by molar-refractivity contribution is 0.0718. The van der Waals surface area contributed by atoms with Crippen LogP contribution in [0.2, 0.25) is 10.0 Å². The first-order valence-electron chi connectivity index (χ1n) is 8.25. The average Bonchev–Trinajstić information content (AvgIpc) is 2.89. The van der Waals surface area contributed by atoms with Gasteiger partial charge in [0, 0.05) is 37.3 Å². The number of carbonyl (C=O) groups is 2. The van der Waals surface area contributed by atoms with Gasteiger partial charge in [-0.3, -0.25) is 9.59 Å². The van der Waals surface area contributed by atoms with Gasteiger partial charge in [0.25, 0.3) is 11.8 Å². The van der Waals surface area contributed by atoms with E-state index in [0.717, 1.165) is 0 Å². The largest absolute Gasteiger partial charge is 0.337 e. The molecule has 1 heterocycles. The maximum Gasteiger partial charge on any atom is 0.254 e. The maximum atomic E-state index is 13.3. The molecule has 1 fully saturated rings. The highest BCUT2D eigenvalue weighted by Gasteiger charge is 2.24. The zero-order valence-corrected chi connectivity index (χ0v) is 15.4. The molecule has 7 heteroatoms. The zero-order chi connectivity index (χ0) is 18.7. The van der Waals surface area contributed by atoms with Gasteiger partial charge < -0.3 is 9.80 Å². The van der Waals surface area contributed by atoms with Crippen molar-refractivity contribution in [3.05, 3.63) is 69.5 Å². The predicted octanol–water partition coefficient (Wildman–Crippen LogP) is 4.12. The van der Waals surface area contributed by atoms with E-state index in [1.165, 1.54) is 18.2 Å². The van der Waals surface area contributed by atoms with Crippen molar-refractivity contribution >= 4 is 35.0 Å². The molecule has 1 aliphatic heterocycles. The zero-order valence-electron chi connectivity index (χ0n) is 13.9. The molecule has 0 aromatic heterocycles. The Labute approximate surface area is 161 Å². The van der Waals surface area contributed by atoms with Gasteiger partial charge in [-0.2, -0.15) is 0 Å². The van der Waals surface area contributed by atoms with Gasteiger partial charge >= 0.3 is 0 Å². The minimum atomic E-state index is -0.443. The number of benzene rings is 2. The summed E-state index contributed by atoms with van der Waals surface area (Å²) in [4.78, 5) is 28.6. The fourth-order valence-corrected chi connectivity index (χ4v) is 3.24. The Morgan fingerprint density at radius 2 is 1.42 bits per heavy atom. The van der Waals surface area contributed by atoms with E-state index in [0.29, 0.717) is 53.8 Å². The van der Waals surface area contributed by atoms with Gasteiger partial charge in [-0.1, -0.05) is 29.3 Å². The molecule has 136 valence electrons. The van der Waals surface area contributed by atoms with Crippen LogP contribution in [-0.4, -0.2) is 47.8 Å². The van der Waals surface area contributed by atoms with E-state index < -0.39 is 5.82 Å². The number of carbonyl (C=O) groups excluding carboxylic acids is 2. The summed E-state index contributed by atoms with van der Waals surface area (Å²) in [6, 6.07) is 10.4. The van der Waals surface area contributed by atoms with Crippen LogP contribution in [-0.2, 0) is 0 Å². The summed E-state index contributed by atoms with van der Waals surface area (Å²) in [7, 11) is 0. The predicted molar refractivity (Wildman–Crippen MR) is 99.3 cm³/mol. The van der Waals surface area contributed by atoms with Crippen LogP contribution < -0.4 is 0 Å². The molecule has 0 N–H and O–H groups in total. The molecule has 1 aliphatic rings. The molecule has 26 heavy (non-hydrogen) atoms. The fraction of sp³-hybridized carbons (Fsp3) is 0.263. The molecule has 0 saturated carbocycles. The normalized spacial score (nSPS) is 14.9. The fourth-order valence-electron chi connectivity index (χ4n) is 2.94. The Morgan fingerprint density at radius 1 is 0.808 bits per heavy atom. The average molecular weight is 395 g/mol. The molecule has 0 atom stereocenters. The van der Waals surface area contributed by atoms with Gasteiger partial charge in [0.05, 0.1) is 10.0 Å². The summed E-state index contributed by atoms with van der Waals surface area (Å²) < 4.78 is 13.3. The van der Waals surface area contributed by atoms with E-state index in [4.69, 9.17) is 23.2 Å². The van der Waals surface area contributed by atoms with Crippen molar-refractivity contribution in [2.75, 3.05) is 26.2 Å². The van der Waals surface area contributed by atoms with Crippen molar-refractivity contribution in [1.29, 1.82) is 0 Å². The van der Waals surface area contributed by atoms with Crippen LogP contribution in [0.5, 0.6) is 0 Å². The van der Waals surface area contributed by atoms with Crippen LogP contribution in [0.3, 0.4) is 0 Å². The molecule has 2 aromatic carbocycles. The summed E-state index contributed by atoms with van der Waals surface area (Å²) >= 11 is 11.9. The van der Waals surface area contributed by atoms with Gasteiger partial charge in [-0.05, 0) is 42.8 Å². The summed E-state index contributed by atoms with van der Waals surface area (Å²) in [6.07, 6.45) is 0.647. The highest BCUT2D eigenvalue weighted by Crippen LogP contribution is 2.23. The molecule has 0 aliphatic carbocycles. The molecule has 1 saturated heterocycles. The van der Waals surface area contributed by atoms with Gasteiger partial charge in [0.2, 0.25) is 0 Å². The number of amides is 2. The third kappa shape index (κ3) is 4.17. The van der Waals surface area contributed by atoms with Crippen LogP contribution >= 0.6 is 23.2 Å². The standard InChI is InChI=1S/C19H17Cl2FN2O2/c20-16-6-5-14(12-17(16)21)19(26)24-8-2-7-23(9-10-24)18(25)13-3-1-4-15(22)11-13/h1,3-6,11-12H,2,7-10H2. The van der Waals surface area contributed by atoms with Gasteiger partial charge in [-0.15, -0.1) is 0 Å². The van der Waals surface area contributed by atoms with E-state index in [9.17, 15) is 14.0 Å². The third-order valence-corrected chi connectivity index (χ3v) is 5.05. The van der Waals surface area contributed by atoms with E-state index in [1.807, 2.05) is 0 Å². The minimum absolute atomic E-state index is 0.149. The first kappa shape index (κ1) is 18.7. The Balaban J connectivity index is 1.68. The number of rotatable bonds is 2.